The first-order valence-corrected chi connectivity index (χ1v) is 13.0. The third-order valence-electron chi connectivity index (χ3n) is 8.11. The van der Waals surface area contributed by atoms with Crippen molar-refractivity contribution in [2.45, 2.75) is 56.7 Å². The summed E-state index contributed by atoms with van der Waals surface area (Å²) in [5.74, 6) is 0.221. The molecule has 3 aliphatic rings. The van der Waals surface area contributed by atoms with Gasteiger partial charge in [-0.25, -0.2) is 4.98 Å². The summed E-state index contributed by atoms with van der Waals surface area (Å²) in [5, 5.41) is 9.33. The van der Waals surface area contributed by atoms with E-state index < -0.39 is 11.0 Å². The van der Waals surface area contributed by atoms with Crippen LogP contribution >= 0.6 is 0 Å². The van der Waals surface area contributed by atoms with Gasteiger partial charge < -0.3 is 15.5 Å². The quantitative estimate of drug-likeness (QED) is 0.501. The molecule has 0 radical (unpaired) electrons. The van der Waals surface area contributed by atoms with E-state index in [0.717, 1.165) is 22.3 Å². The molecule has 1 saturated heterocycles. The predicted molar refractivity (Wildman–Crippen MR) is 145 cm³/mol. The van der Waals surface area contributed by atoms with Gasteiger partial charge in [0.1, 0.15) is 12.4 Å². The van der Waals surface area contributed by atoms with Crippen molar-refractivity contribution in [3.63, 3.8) is 0 Å². The van der Waals surface area contributed by atoms with E-state index >= 15 is 0 Å². The number of benzene rings is 2. The van der Waals surface area contributed by atoms with Crippen LogP contribution in [-0.2, 0) is 32.6 Å². The lowest BCUT2D eigenvalue weighted by Gasteiger charge is -2.47. The van der Waals surface area contributed by atoms with Crippen LogP contribution < -0.4 is 16.0 Å². The Morgan fingerprint density at radius 2 is 1.82 bits per heavy atom. The molecule has 1 aliphatic carbocycles. The summed E-state index contributed by atoms with van der Waals surface area (Å²) >= 11 is 0. The fourth-order valence-corrected chi connectivity index (χ4v) is 6.45. The van der Waals surface area contributed by atoms with Crippen molar-refractivity contribution in [1.29, 1.82) is 0 Å². The van der Waals surface area contributed by atoms with Crippen LogP contribution in [0, 0.1) is 0 Å². The Morgan fingerprint density at radius 1 is 1.05 bits per heavy atom. The molecule has 1 fully saturated rings. The average molecular weight is 510 g/mol. The predicted octanol–water partition coefficient (Wildman–Crippen LogP) is 3.35. The number of carbonyl (C=O) groups excluding carboxylic acids is 3. The minimum Gasteiger partial charge on any atom is -0.325 e. The first-order valence-electron chi connectivity index (χ1n) is 13.0. The first-order chi connectivity index (χ1) is 18.2. The number of fused-ring (bicyclic) bond motifs is 3. The smallest absolute Gasteiger partial charge is 0.244 e. The van der Waals surface area contributed by atoms with Gasteiger partial charge >= 0.3 is 0 Å². The maximum atomic E-state index is 13.4. The number of nitrogens with zero attached hydrogens (tertiary/aromatic N) is 2. The lowest BCUT2D eigenvalue weighted by atomic mass is 9.79. The van der Waals surface area contributed by atoms with Crippen molar-refractivity contribution in [2.75, 3.05) is 17.2 Å². The van der Waals surface area contributed by atoms with Crippen LogP contribution in [0.15, 0.2) is 66.9 Å². The molecule has 8 nitrogen and oxygen atoms in total. The zero-order valence-electron chi connectivity index (χ0n) is 21.7. The van der Waals surface area contributed by atoms with Gasteiger partial charge in [0, 0.05) is 23.5 Å². The number of pyridine rings is 1. The van der Waals surface area contributed by atoms with Gasteiger partial charge in [-0.15, -0.1) is 0 Å². The number of carbonyl (C=O) groups is 3. The van der Waals surface area contributed by atoms with Crippen LogP contribution in [0.4, 0.5) is 11.5 Å². The number of aromatic nitrogens is 1. The number of nitrogens with one attached hydrogen (secondary N) is 3. The van der Waals surface area contributed by atoms with Crippen molar-refractivity contribution < 1.29 is 14.4 Å². The Kier molecular flexibility index (Phi) is 5.61. The molecule has 3 heterocycles. The van der Waals surface area contributed by atoms with Crippen molar-refractivity contribution in [3.8, 4) is 0 Å². The van der Waals surface area contributed by atoms with Crippen LogP contribution in [-0.4, -0.2) is 45.7 Å². The van der Waals surface area contributed by atoms with Gasteiger partial charge in [0.15, 0.2) is 0 Å². The van der Waals surface area contributed by atoms with E-state index in [1.54, 1.807) is 11.1 Å². The summed E-state index contributed by atoms with van der Waals surface area (Å²) in [5.41, 5.74) is 3.24. The normalized spacial score (nSPS) is 25.2. The third kappa shape index (κ3) is 3.87. The number of piperazine rings is 1. The average Bonchev–Trinajstić information content (AvgIpc) is 3.40. The van der Waals surface area contributed by atoms with Crippen molar-refractivity contribution in [2.24, 2.45) is 0 Å². The van der Waals surface area contributed by atoms with Crippen LogP contribution in [0.1, 0.15) is 49.1 Å². The molecule has 0 saturated carbocycles. The molecular formula is C30H31N5O3. The molecule has 0 bridgehead atoms. The first kappa shape index (κ1) is 24.3. The van der Waals surface area contributed by atoms with Crippen molar-refractivity contribution >= 4 is 29.2 Å². The number of hydrogen-bond donors (Lipinski definition) is 3. The molecule has 2 aliphatic heterocycles. The minimum atomic E-state index is -0.778. The highest BCUT2D eigenvalue weighted by Crippen LogP contribution is 2.47. The monoisotopic (exact) mass is 509 g/mol. The van der Waals surface area contributed by atoms with Crippen LogP contribution in [0.2, 0.25) is 0 Å². The van der Waals surface area contributed by atoms with Crippen LogP contribution in [0.3, 0.4) is 0 Å². The minimum absolute atomic E-state index is 0.0334. The van der Waals surface area contributed by atoms with Gasteiger partial charge in [0.2, 0.25) is 17.7 Å². The van der Waals surface area contributed by atoms with Gasteiger partial charge in [-0.3, -0.25) is 19.7 Å². The lowest BCUT2D eigenvalue weighted by molar-refractivity contribution is -0.148. The van der Waals surface area contributed by atoms with E-state index in [2.05, 4.69) is 20.9 Å². The molecule has 3 amide bonds. The fraction of sp³-hybridized carbons (Fsp3) is 0.333. The maximum Gasteiger partial charge on any atom is 0.244 e. The molecule has 1 spiro atoms. The molecule has 3 N–H and O–H groups in total. The second-order valence-electron chi connectivity index (χ2n) is 11.2. The third-order valence-corrected chi connectivity index (χ3v) is 8.11. The molecule has 1 aromatic heterocycles. The van der Waals surface area contributed by atoms with Gasteiger partial charge in [0.25, 0.3) is 0 Å². The summed E-state index contributed by atoms with van der Waals surface area (Å²) in [6.45, 7) is 5.68. The van der Waals surface area contributed by atoms with E-state index in [0.29, 0.717) is 24.3 Å². The Bertz CT molecular complexity index is 1450. The summed E-state index contributed by atoms with van der Waals surface area (Å²) in [6.07, 6.45) is 2.83. The zero-order valence-corrected chi connectivity index (χ0v) is 21.7. The Morgan fingerprint density at radius 3 is 2.61 bits per heavy atom. The molecule has 2 aromatic carbocycles. The molecule has 8 heteroatoms. The maximum absolute atomic E-state index is 13.4. The highest BCUT2D eigenvalue weighted by Gasteiger charge is 2.51. The fourth-order valence-electron chi connectivity index (χ4n) is 6.45. The number of rotatable bonds is 4. The lowest BCUT2D eigenvalue weighted by Crippen LogP contribution is -2.66. The summed E-state index contributed by atoms with van der Waals surface area (Å²) in [6, 6.07) is 19.1. The molecule has 3 aromatic rings. The van der Waals surface area contributed by atoms with E-state index in [1.807, 2.05) is 81.4 Å². The number of anilines is 2. The molecule has 194 valence electrons. The highest BCUT2D eigenvalue weighted by atomic mass is 16.2. The highest BCUT2D eigenvalue weighted by molar-refractivity contribution is 6.06. The number of hydrogen-bond acceptors (Lipinski definition) is 5. The second kappa shape index (κ2) is 8.77. The topological polar surface area (TPSA) is 103 Å². The number of amides is 3. The summed E-state index contributed by atoms with van der Waals surface area (Å²) in [7, 11) is 0. The van der Waals surface area contributed by atoms with Crippen molar-refractivity contribution in [1.82, 2.24) is 15.2 Å². The standard InChI is InChI=1S/C30H31N5O3/c1-18-25(19-8-5-4-6-9-19)35(28(38)29(2,3)34-18)17-24(36)32-22-12-11-20-15-30(16-21(20)14-22)23-10-7-13-31-26(23)33-27(30)37/h4-14,18,25,34H,15-17H2,1-3H3,(H,32,36)(H,31,33,37)/t18-,25+,30-/m1/s1. The zero-order chi connectivity index (χ0) is 26.7. The van der Waals surface area contributed by atoms with E-state index in [-0.39, 0.29) is 36.3 Å². The molecule has 6 rings (SSSR count). The van der Waals surface area contributed by atoms with Gasteiger partial charge in [0.05, 0.1) is 17.0 Å². The summed E-state index contributed by atoms with van der Waals surface area (Å²) in [4.78, 5) is 45.7. The molecular weight excluding hydrogens is 478 g/mol. The molecule has 38 heavy (non-hydrogen) atoms. The van der Waals surface area contributed by atoms with Gasteiger partial charge in [-0.05, 0) is 68.5 Å². The van der Waals surface area contributed by atoms with E-state index in [1.165, 1.54) is 0 Å². The largest absolute Gasteiger partial charge is 0.325 e. The van der Waals surface area contributed by atoms with Gasteiger partial charge in [-0.2, -0.15) is 0 Å². The SMILES string of the molecule is C[C@H]1NC(C)(C)C(=O)N(CC(=O)Nc2ccc3c(c2)C[C@@]2(C3)C(=O)Nc3ncccc32)[C@@H]1c1ccccc1. The van der Waals surface area contributed by atoms with Crippen molar-refractivity contribution in [3.05, 3.63) is 89.1 Å². The summed E-state index contributed by atoms with van der Waals surface area (Å²) < 4.78 is 0. The van der Waals surface area contributed by atoms with Crippen LogP contribution in [0.25, 0.3) is 0 Å². The van der Waals surface area contributed by atoms with E-state index in [9.17, 15) is 14.4 Å². The van der Waals surface area contributed by atoms with E-state index in [4.69, 9.17) is 0 Å². The second-order valence-corrected chi connectivity index (χ2v) is 11.2. The van der Waals surface area contributed by atoms with Crippen LogP contribution in [0.5, 0.6) is 0 Å². The Labute approximate surface area is 221 Å². The van der Waals surface area contributed by atoms with Gasteiger partial charge in [-0.1, -0.05) is 42.5 Å². The molecule has 3 atom stereocenters. The Balaban J connectivity index is 1.22. The molecule has 0 unspecified atom stereocenters. The Hall–Kier alpha value is -4.04.